The smallest absolute Gasteiger partial charge is 0.147 e. The number of para-hydroxylation sites is 1. The summed E-state index contributed by atoms with van der Waals surface area (Å²) < 4.78 is 8.69. The summed E-state index contributed by atoms with van der Waals surface area (Å²) in [5.74, 6) is 0.841. The van der Waals surface area contributed by atoms with E-state index in [0.717, 1.165) is 37.8 Å². The third kappa shape index (κ3) is 4.79. The predicted molar refractivity (Wildman–Crippen MR) is 94.6 cm³/mol. The number of nitrogens with one attached hydrogen (secondary N) is 1. The highest BCUT2D eigenvalue weighted by atomic mass is 79.9. The van der Waals surface area contributed by atoms with Crippen LogP contribution in [-0.2, 0) is 0 Å². The van der Waals surface area contributed by atoms with Crippen molar-refractivity contribution in [3.05, 3.63) is 55.9 Å². The molecule has 2 aromatic rings. The van der Waals surface area contributed by atoms with E-state index in [1.165, 1.54) is 0 Å². The topological polar surface area (TPSA) is 21.3 Å². The molecule has 0 atom stereocenters. The molecule has 5 heteroatoms. The highest BCUT2D eigenvalue weighted by molar-refractivity contribution is 9.11. The second-order valence-electron chi connectivity index (χ2n) is 4.19. The summed E-state index contributed by atoms with van der Waals surface area (Å²) in [5, 5.41) is 3.36. The molecule has 0 saturated carbocycles. The summed E-state index contributed by atoms with van der Waals surface area (Å²) >= 11 is 10.4. The SMILES string of the molecule is Brc1cc(Br)c(OCCCNc2ccccc2)c(Br)c1. The third-order valence-corrected chi connectivity index (χ3v) is 4.27. The molecule has 106 valence electrons. The first-order valence-corrected chi connectivity index (χ1v) is 8.61. The minimum absolute atomic E-state index is 0.665. The van der Waals surface area contributed by atoms with E-state index in [0.29, 0.717) is 6.61 Å². The Bertz CT molecular complexity index is 537. The largest absolute Gasteiger partial charge is 0.491 e. The summed E-state index contributed by atoms with van der Waals surface area (Å²) in [5.41, 5.74) is 1.14. The van der Waals surface area contributed by atoms with Gasteiger partial charge >= 0.3 is 0 Å². The molecular formula is C15H14Br3NO. The van der Waals surface area contributed by atoms with Crippen molar-refractivity contribution >= 4 is 53.5 Å². The van der Waals surface area contributed by atoms with Crippen LogP contribution in [0.3, 0.4) is 0 Å². The van der Waals surface area contributed by atoms with Crippen molar-refractivity contribution in [2.24, 2.45) is 0 Å². The summed E-state index contributed by atoms with van der Waals surface area (Å²) in [4.78, 5) is 0. The Hall–Kier alpha value is -0.520. The number of hydrogen-bond acceptors (Lipinski definition) is 2. The first kappa shape index (κ1) is 15.9. The van der Waals surface area contributed by atoms with Crippen LogP contribution in [-0.4, -0.2) is 13.2 Å². The minimum Gasteiger partial charge on any atom is -0.491 e. The summed E-state index contributed by atoms with van der Waals surface area (Å²) in [6, 6.07) is 14.1. The van der Waals surface area contributed by atoms with Crippen LogP contribution in [0.2, 0.25) is 0 Å². The van der Waals surface area contributed by atoms with Crippen molar-refractivity contribution in [1.82, 2.24) is 0 Å². The number of ether oxygens (including phenoxy) is 1. The number of anilines is 1. The van der Waals surface area contributed by atoms with Gasteiger partial charge in [-0.1, -0.05) is 34.1 Å². The molecule has 0 radical (unpaired) electrons. The molecule has 0 aliphatic carbocycles. The zero-order valence-corrected chi connectivity index (χ0v) is 15.5. The van der Waals surface area contributed by atoms with Gasteiger partial charge in [0.2, 0.25) is 0 Å². The van der Waals surface area contributed by atoms with Gasteiger partial charge in [-0.05, 0) is 62.5 Å². The first-order valence-electron chi connectivity index (χ1n) is 6.23. The molecule has 2 nitrogen and oxygen atoms in total. The fraction of sp³-hybridized carbons (Fsp3) is 0.200. The Morgan fingerprint density at radius 2 is 1.60 bits per heavy atom. The highest BCUT2D eigenvalue weighted by Crippen LogP contribution is 2.36. The van der Waals surface area contributed by atoms with Gasteiger partial charge in [0, 0.05) is 16.7 Å². The Morgan fingerprint density at radius 1 is 0.950 bits per heavy atom. The van der Waals surface area contributed by atoms with Crippen LogP contribution in [0.5, 0.6) is 5.75 Å². The molecule has 0 heterocycles. The van der Waals surface area contributed by atoms with Crippen molar-refractivity contribution in [3.63, 3.8) is 0 Å². The molecule has 2 aromatic carbocycles. The third-order valence-electron chi connectivity index (χ3n) is 2.63. The van der Waals surface area contributed by atoms with Crippen LogP contribution in [0.4, 0.5) is 5.69 Å². The van der Waals surface area contributed by atoms with Crippen molar-refractivity contribution in [2.45, 2.75) is 6.42 Å². The maximum atomic E-state index is 5.81. The number of benzene rings is 2. The molecule has 0 saturated heterocycles. The van der Waals surface area contributed by atoms with E-state index >= 15 is 0 Å². The van der Waals surface area contributed by atoms with E-state index in [2.05, 4.69) is 65.2 Å². The molecule has 0 aliphatic rings. The van der Waals surface area contributed by atoms with E-state index in [1.54, 1.807) is 0 Å². The van der Waals surface area contributed by atoms with Crippen molar-refractivity contribution in [3.8, 4) is 5.75 Å². The van der Waals surface area contributed by atoms with Crippen LogP contribution in [0.25, 0.3) is 0 Å². The van der Waals surface area contributed by atoms with E-state index in [1.807, 2.05) is 30.3 Å². The van der Waals surface area contributed by atoms with Gasteiger partial charge in [0.15, 0.2) is 0 Å². The lowest BCUT2D eigenvalue weighted by atomic mass is 10.3. The van der Waals surface area contributed by atoms with E-state index < -0.39 is 0 Å². The molecule has 0 spiro atoms. The van der Waals surface area contributed by atoms with E-state index in [-0.39, 0.29) is 0 Å². The molecule has 1 N–H and O–H groups in total. The Labute approximate surface area is 144 Å². The van der Waals surface area contributed by atoms with Crippen molar-refractivity contribution < 1.29 is 4.74 Å². The van der Waals surface area contributed by atoms with Crippen LogP contribution in [0.15, 0.2) is 55.9 Å². The molecule has 20 heavy (non-hydrogen) atoms. The van der Waals surface area contributed by atoms with E-state index in [9.17, 15) is 0 Å². The van der Waals surface area contributed by atoms with Crippen LogP contribution < -0.4 is 10.1 Å². The Balaban J connectivity index is 1.76. The maximum Gasteiger partial charge on any atom is 0.147 e. The van der Waals surface area contributed by atoms with Gasteiger partial charge in [-0.25, -0.2) is 0 Å². The summed E-state index contributed by atoms with van der Waals surface area (Å²) in [7, 11) is 0. The molecule has 2 rings (SSSR count). The number of halogens is 3. The lowest BCUT2D eigenvalue weighted by molar-refractivity contribution is 0.311. The highest BCUT2D eigenvalue weighted by Gasteiger charge is 2.07. The molecule has 0 fully saturated rings. The minimum atomic E-state index is 0.665. The standard InChI is InChI=1S/C15H14Br3NO/c16-11-9-13(17)15(14(18)10-11)20-8-4-7-19-12-5-2-1-3-6-12/h1-3,5-6,9-10,19H,4,7-8H2. The average Bonchev–Trinajstić information content (AvgIpc) is 2.42. The molecule has 0 unspecified atom stereocenters. The summed E-state index contributed by atoms with van der Waals surface area (Å²) in [6.07, 6.45) is 0.934. The monoisotopic (exact) mass is 461 g/mol. The molecule has 0 amide bonds. The normalized spacial score (nSPS) is 10.3. The van der Waals surface area contributed by atoms with Crippen molar-refractivity contribution in [2.75, 3.05) is 18.5 Å². The molecular weight excluding hydrogens is 450 g/mol. The van der Waals surface area contributed by atoms with Crippen LogP contribution in [0.1, 0.15) is 6.42 Å². The molecule has 0 bridgehead atoms. The van der Waals surface area contributed by atoms with Gasteiger partial charge in [0.1, 0.15) is 5.75 Å². The number of rotatable bonds is 6. The lowest BCUT2D eigenvalue weighted by Crippen LogP contribution is -2.07. The Kier molecular flexibility index (Phi) is 6.39. The summed E-state index contributed by atoms with van der Waals surface area (Å²) in [6.45, 7) is 1.55. The number of hydrogen-bond donors (Lipinski definition) is 1. The fourth-order valence-electron chi connectivity index (χ4n) is 1.70. The van der Waals surface area contributed by atoms with Gasteiger partial charge in [0.25, 0.3) is 0 Å². The molecule has 0 aromatic heterocycles. The molecule has 0 aliphatic heterocycles. The van der Waals surface area contributed by atoms with Gasteiger partial charge in [0.05, 0.1) is 15.6 Å². The zero-order chi connectivity index (χ0) is 14.4. The first-order chi connectivity index (χ1) is 9.66. The lowest BCUT2D eigenvalue weighted by Gasteiger charge is -2.11. The second-order valence-corrected chi connectivity index (χ2v) is 6.82. The van der Waals surface area contributed by atoms with Gasteiger partial charge in [-0.2, -0.15) is 0 Å². The van der Waals surface area contributed by atoms with Crippen LogP contribution in [0, 0.1) is 0 Å². The van der Waals surface area contributed by atoms with E-state index in [4.69, 9.17) is 4.74 Å². The predicted octanol–water partition coefficient (Wildman–Crippen LogP) is 5.86. The van der Waals surface area contributed by atoms with Gasteiger partial charge < -0.3 is 10.1 Å². The quantitative estimate of drug-likeness (QED) is 0.542. The second kappa shape index (κ2) is 8.05. The van der Waals surface area contributed by atoms with Crippen LogP contribution >= 0.6 is 47.8 Å². The van der Waals surface area contributed by atoms with Gasteiger partial charge in [-0.3, -0.25) is 0 Å². The van der Waals surface area contributed by atoms with Gasteiger partial charge in [-0.15, -0.1) is 0 Å². The Morgan fingerprint density at radius 3 is 2.25 bits per heavy atom. The van der Waals surface area contributed by atoms with Crippen molar-refractivity contribution in [1.29, 1.82) is 0 Å². The fourth-order valence-corrected chi connectivity index (χ4v) is 4.19. The average molecular weight is 464 g/mol. The maximum absolute atomic E-state index is 5.81. The zero-order valence-electron chi connectivity index (χ0n) is 10.7.